The average Bonchev–Trinajstić information content (AvgIpc) is 2.47. The summed E-state index contributed by atoms with van der Waals surface area (Å²) in [4.78, 5) is 5.46. The van der Waals surface area contributed by atoms with E-state index in [2.05, 4.69) is 9.80 Å². The van der Waals surface area contributed by atoms with Crippen LogP contribution in [0.25, 0.3) is 0 Å². The van der Waals surface area contributed by atoms with Crippen LogP contribution in [0.3, 0.4) is 0 Å². The Bertz CT molecular complexity index is 329. The van der Waals surface area contributed by atoms with Crippen molar-refractivity contribution in [3.05, 3.63) is 0 Å². The van der Waals surface area contributed by atoms with Gasteiger partial charge in [-0.2, -0.15) is 0 Å². The van der Waals surface area contributed by atoms with Gasteiger partial charge in [0.2, 0.25) is 0 Å². The van der Waals surface area contributed by atoms with Gasteiger partial charge in [-0.15, -0.1) is 0 Å². The molecule has 21 heavy (non-hydrogen) atoms. The van der Waals surface area contributed by atoms with Crippen molar-refractivity contribution in [2.45, 2.75) is 70.4 Å². The molecule has 0 aliphatic carbocycles. The average molecular weight is 294 g/mol. The first-order valence-corrected chi connectivity index (χ1v) is 9.23. The summed E-state index contributed by atoms with van der Waals surface area (Å²) in [5.41, 5.74) is -0.489. The molecule has 0 aromatic carbocycles. The van der Waals surface area contributed by atoms with Crippen LogP contribution in [-0.2, 0) is 0 Å². The number of hydrogen-bond acceptors (Lipinski definition) is 3. The highest BCUT2D eigenvalue weighted by molar-refractivity contribution is 4.90. The molecule has 3 aliphatic rings. The molecular formula is C18H34N2O. The second kappa shape index (κ2) is 6.55. The smallest absolute Gasteiger partial charge is 0.0620 e. The Hall–Kier alpha value is -0.120. The topological polar surface area (TPSA) is 26.7 Å². The van der Waals surface area contributed by atoms with Crippen LogP contribution in [0.15, 0.2) is 0 Å². The van der Waals surface area contributed by atoms with Crippen LogP contribution in [0, 0.1) is 11.8 Å². The second-order valence-corrected chi connectivity index (χ2v) is 8.23. The van der Waals surface area contributed by atoms with Crippen LogP contribution in [-0.4, -0.2) is 59.3 Å². The van der Waals surface area contributed by atoms with Crippen molar-refractivity contribution in [1.29, 1.82) is 0 Å². The molecule has 3 nitrogen and oxygen atoms in total. The minimum absolute atomic E-state index is 0.489. The zero-order valence-corrected chi connectivity index (χ0v) is 14.1. The number of rotatable bonds is 3. The molecule has 122 valence electrons. The van der Waals surface area contributed by atoms with E-state index in [4.69, 9.17) is 0 Å². The Kier molecular flexibility index (Phi) is 4.92. The fourth-order valence-corrected chi connectivity index (χ4v) is 4.94. The summed E-state index contributed by atoms with van der Waals surface area (Å²) < 4.78 is 0. The molecule has 3 rings (SSSR count). The van der Waals surface area contributed by atoms with E-state index in [0.29, 0.717) is 5.92 Å². The third-order valence-corrected chi connectivity index (χ3v) is 6.31. The van der Waals surface area contributed by atoms with Crippen molar-refractivity contribution in [3.63, 3.8) is 0 Å². The van der Waals surface area contributed by atoms with Gasteiger partial charge >= 0.3 is 0 Å². The van der Waals surface area contributed by atoms with E-state index in [1.165, 1.54) is 77.7 Å². The van der Waals surface area contributed by atoms with E-state index in [9.17, 15) is 5.11 Å². The molecule has 0 saturated carbocycles. The first-order chi connectivity index (χ1) is 10.0. The van der Waals surface area contributed by atoms with Gasteiger partial charge in [-0.25, -0.2) is 0 Å². The molecule has 3 aliphatic heterocycles. The van der Waals surface area contributed by atoms with E-state index in [1.54, 1.807) is 0 Å². The summed E-state index contributed by atoms with van der Waals surface area (Å²) in [7, 11) is 0. The van der Waals surface area contributed by atoms with Gasteiger partial charge in [-0.1, -0.05) is 6.42 Å². The number of fused-ring (bicyclic) bond motifs is 1. The van der Waals surface area contributed by atoms with Gasteiger partial charge in [0.05, 0.1) is 5.60 Å². The number of likely N-dealkylation sites (tertiary alicyclic amines) is 1. The summed E-state index contributed by atoms with van der Waals surface area (Å²) in [6.45, 7) is 10.3. The standard InChI is InChI=1S/C18H34N2O/c1-18(2,21)16-8-12-19(13-9-16)14-15-6-5-11-20-10-4-3-7-17(15)20/h15-17,21H,3-14H2,1-2H3/t15-,17+/m0/s1. The normalized spacial score (nSPS) is 33.9. The number of nitrogens with zero attached hydrogens (tertiary/aromatic N) is 2. The Morgan fingerprint density at radius 1 is 0.905 bits per heavy atom. The molecule has 3 heteroatoms. The summed E-state index contributed by atoms with van der Waals surface area (Å²) in [5, 5.41) is 10.2. The molecule has 1 N–H and O–H groups in total. The van der Waals surface area contributed by atoms with Gasteiger partial charge in [0, 0.05) is 12.6 Å². The lowest BCUT2D eigenvalue weighted by Gasteiger charge is -2.47. The summed E-state index contributed by atoms with van der Waals surface area (Å²) >= 11 is 0. The summed E-state index contributed by atoms with van der Waals surface area (Å²) in [5.74, 6) is 1.39. The first-order valence-electron chi connectivity index (χ1n) is 9.23. The number of aliphatic hydroxyl groups is 1. The molecule has 2 atom stereocenters. The molecule has 0 aromatic rings. The minimum Gasteiger partial charge on any atom is -0.390 e. The van der Waals surface area contributed by atoms with Crippen LogP contribution in [0.4, 0.5) is 0 Å². The van der Waals surface area contributed by atoms with E-state index >= 15 is 0 Å². The quantitative estimate of drug-likeness (QED) is 0.867. The molecule has 0 unspecified atom stereocenters. The van der Waals surface area contributed by atoms with E-state index in [1.807, 2.05) is 13.8 Å². The largest absolute Gasteiger partial charge is 0.390 e. The second-order valence-electron chi connectivity index (χ2n) is 8.23. The van der Waals surface area contributed by atoms with Gasteiger partial charge in [0.25, 0.3) is 0 Å². The Morgan fingerprint density at radius 2 is 1.62 bits per heavy atom. The summed E-state index contributed by atoms with van der Waals surface area (Å²) in [6, 6.07) is 0.875. The lowest BCUT2D eigenvalue weighted by atomic mass is 9.81. The van der Waals surface area contributed by atoms with Crippen molar-refractivity contribution >= 4 is 0 Å². The van der Waals surface area contributed by atoms with E-state index in [0.717, 1.165) is 12.0 Å². The van der Waals surface area contributed by atoms with Crippen molar-refractivity contribution in [2.24, 2.45) is 11.8 Å². The third-order valence-electron chi connectivity index (χ3n) is 6.31. The molecule has 3 heterocycles. The maximum Gasteiger partial charge on any atom is 0.0620 e. The van der Waals surface area contributed by atoms with Crippen molar-refractivity contribution < 1.29 is 5.11 Å². The van der Waals surface area contributed by atoms with Crippen molar-refractivity contribution in [3.8, 4) is 0 Å². The maximum atomic E-state index is 10.2. The maximum absolute atomic E-state index is 10.2. The number of hydrogen-bond donors (Lipinski definition) is 1. The highest BCUT2D eigenvalue weighted by Crippen LogP contribution is 2.33. The van der Waals surface area contributed by atoms with E-state index < -0.39 is 5.60 Å². The molecule has 0 aromatic heterocycles. The predicted octanol–water partition coefficient (Wildman–Crippen LogP) is 2.73. The van der Waals surface area contributed by atoms with Gasteiger partial charge in [0.15, 0.2) is 0 Å². The fourth-order valence-electron chi connectivity index (χ4n) is 4.94. The summed E-state index contributed by atoms with van der Waals surface area (Å²) in [6.07, 6.45) is 9.48. The zero-order valence-electron chi connectivity index (χ0n) is 14.1. The Labute approximate surface area is 130 Å². The van der Waals surface area contributed by atoms with Crippen LogP contribution >= 0.6 is 0 Å². The Morgan fingerprint density at radius 3 is 2.33 bits per heavy atom. The van der Waals surface area contributed by atoms with Crippen molar-refractivity contribution in [2.75, 3.05) is 32.7 Å². The van der Waals surface area contributed by atoms with Gasteiger partial charge in [-0.05, 0) is 90.4 Å². The van der Waals surface area contributed by atoms with Crippen LogP contribution in [0.5, 0.6) is 0 Å². The van der Waals surface area contributed by atoms with Crippen molar-refractivity contribution in [1.82, 2.24) is 9.80 Å². The van der Waals surface area contributed by atoms with Gasteiger partial charge in [0.1, 0.15) is 0 Å². The van der Waals surface area contributed by atoms with Gasteiger partial charge in [-0.3, -0.25) is 0 Å². The fraction of sp³-hybridized carbons (Fsp3) is 1.00. The molecular weight excluding hydrogens is 260 g/mol. The van der Waals surface area contributed by atoms with Gasteiger partial charge < -0.3 is 14.9 Å². The third kappa shape index (κ3) is 3.80. The first kappa shape index (κ1) is 15.8. The van der Waals surface area contributed by atoms with E-state index in [-0.39, 0.29) is 0 Å². The predicted molar refractivity (Wildman–Crippen MR) is 87.4 cm³/mol. The Balaban J connectivity index is 1.50. The zero-order chi connectivity index (χ0) is 14.9. The number of piperidine rings is 3. The van der Waals surface area contributed by atoms with Crippen LogP contribution in [0.1, 0.15) is 58.8 Å². The molecule has 3 fully saturated rings. The molecule has 3 saturated heterocycles. The lowest BCUT2D eigenvalue weighted by molar-refractivity contribution is -0.0211. The molecule has 0 amide bonds. The monoisotopic (exact) mass is 294 g/mol. The lowest BCUT2D eigenvalue weighted by Crippen LogP contribution is -2.52. The highest BCUT2D eigenvalue weighted by Gasteiger charge is 2.35. The van der Waals surface area contributed by atoms with Crippen LogP contribution in [0.2, 0.25) is 0 Å². The molecule has 0 bridgehead atoms. The minimum atomic E-state index is -0.489. The molecule has 0 spiro atoms. The SMILES string of the molecule is CC(C)(O)C1CCN(C[C@@H]2CCCN3CCCC[C@H]23)CC1. The molecule has 0 radical (unpaired) electrons. The highest BCUT2D eigenvalue weighted by atomic mass is 16.3. The van der Waals surface area contributed by atoms with Crippen LogP contribution < -0.4 is 0 Å².